The number of nitrogens with one attached hydrogen (secondary N) is 2. The fourth-order valence-corrected chi connectivity index (χ4v) is 3.31. The van der Waals surface area contributed by atoms with Crippen LogP contribution in [-0.2, 0) is 24.4 Å². The Labute approximate surface area is 143 Å². The first-order valence-corrected chi connectivity index (χ1v) is 8.59. The molecule has 7 nitrogen and oxygen atoms in total. The van der Waals surface area contributed by atoms with Crippen LogP contribution >= 0.6 is 0 Å². The third-order valence-electron chi connectivity index (χ3n) is 4.68. The number of nitrogens with zero attached hydrogens (tertiary/aromatic N) is 4. The second kappa shape index (κ2) is 7.36. The summed E-state index contributed by atoms with van der Waals surface area (Å²) in [5.41, 5.74) is 4.69. The lowest BCUT2D eigenvalue weighted by Crippen LogP contribution is -2.35. The minimum Gasteiger partial charge on any atom is -0.383 e. The Morgan fingerprint density at radius 3 is 2.96 bits per heavy atom. The van der Waals surface area contributed by atoms with E-state index in [1.165, 1.54) is 11.3 Å². The van der Waals surface area contributed by atoms with Crippen LogP contribution in [0.3, 0.4) is 0 Å². The minimum absolute atomic E-state index is 0.543. The molecule has 1 atom stereocenters. The Morgan fingerprint density at radius 1 is 1.33 bits per heavy atom. The van der Waals surface area contributed by atoms with E-state index >= 15 is 0 Å². The Balaban J connectivity index is 1.53. The van der Waals surface area contributed by atoms with E-state index in [1.54, 1.807) is 7.11 Å². The fraction of sp³-hybridized carbons (Fsp3) is 0.647. The van der Waals surface area contributed by atoms with Gasteiger partial charge in [-0.25, -0.2) is 4.68 Å². The van der Waals surface area contributed by atoms with Crippen molar-refractivity contribution in [2.24, 2.45) is 5.92 Å². The minimum atomic E-state index is 0.543. The van der Waals surface area contributed by atoms with E-state index in [1.807, 2.05) is 11.6 Å². The summed E-state index contributed by atoms with van der Waals surface area (Å²) in [4.78, 5) is 0. The van der Waals surface area contributed by atoms with Crippen molar-refractivity contribution in [3.63, 3.8) is 0 Å². The lowest BCUT2D eigenvalue weighted by atomic mass is 10.1. The maximum Gasteiger partial charge on any atom is 0.124 e. The molecule has 2 aromatic heterocycles. The molecule has 0 radical (unpaired) electrons. The number of hydrogen-bond donors (Lipinski definition) is 2. The van der Waals surface area contributed by atoms with Crippen molar-refractivity contribution >= 4 is 5.82 Å². The summed E-state index contributed by atoms with van der Waals surface area (Å²) in [5, 5.41) is 16.2. The molecule has 2 N–H and O–H groups in total. The lowest BCUT2D eigenvalue weighted by molar-refractivity contribution is 0.182. The van der Waals surface area contributed by atoms with Crippen LogP contribution in [0.15, 0.2) is 6.07 Å². The molecular weight excluding hydrogens is 304 g/mol. The van der Waals surface area contributed by atoms with Crippen molar-refractivity contribution < 1.29 is 4.74 Å². The normalized spacial score (nSPS) is 16.9. The second-order valence-corrected chi connectivity index (χ2v) is 6.60. The second-order valence-electron chi connectivity index (χ2n) is 6.60. The number of ether oxygens (including phenoxy) is 1. The molecule has 1 unspecified atom stereocenters. The van der Waals surface area contributed by atoms with Gasteiger partial charge in [-0.05, 0) is 20.8 Å². The van der Waals surface area contributed by atoms with Crippen LogP contribution < -0.4 is 10.6 Å². The first-order chi connectivity index (χ1) is 11.6. The molecule has 0 fully saturated rings. The van der Waals surface area contributed by atoms with E-state index in [-0.39, 0.29) is 0 Å². The van der Waals surface area contributed by atoms with Crippen molar-refractivity contribution in [2.75, 3.05) is 32.1 Å². The topological polar surface area (TPSA) is 68.9 Å². The summed E-state index contributed by atoms with van der Waals surface area (Å²) in [6.45, 7) is 11.5. The highest BCUT2D eigenvalue weighted by molar-refractivity contribution is 5.38. The number of anilines is 1. The summed E-state index contributed by atoms with van der Waals surface area (Å²) < 4.78 is 9.26. The van der Waals surface area contributed by atoms with Crippen LogP contribution in [0.25, 0.3) is 0 Å². The Kier molecular flexibility index (Phi) is 5.20. The first-order valence-electron chi connectivity index (χ1n) is 8.59. The third kappa shape index (κ3) is 3.62. The Morgan fingerprint density at radius 2 is 2.17 bits per heavy atom. The molecule has 7 heteroatoms. The molecule has 1 aliphatic heterocycles. The van der Waals surface area contributed by atoms with Gasteiger partial charge in [-0.1, -0.05) is 0 Å². The average molecular weight is 332 g/mol. The zero-order valence-electron chi connectivity index (χ0n) is 15.1. The van der Waals surface area contributed by atoms with Gasteiger partial charge in [-0.3, -0.25) is 4.68 Å². The van der Waals surface area contributed by atoms with Crippen LogP contribution in [0.4, 0.5) is 5.82 Å². The van der Waals surface area contributed by atoms with Gasteiger partial charge in [0.05, 0.1) is 24.5 Å². The third-order valence-corrected chi connectivity index (χ3v) is 4.68. The molecular formula is C17H28N6O. The molecule has 0 aromatic carbocycles. The zero-order valence-corrected chi connectivity index (χ0v) is 15.1. The number of aromatic nitrogens is 4. The van der Waals surface area contributed by atoms with Gasteiger partial charge in [0.2, 0.25) is 0 Å². The molecule has 3 rings (SSSR count). The molecule has 0 saturated carbocycles. The number of methoxy groups -OCH3 is 1. The SMILES string of the molecule is COCCn1nc(C)c(CNCC2CNc3cc(C)nn3C2)c1C. The van der Waals surface area contributed by atoms with Crippen molar-refractivity contribution in [3.05, 3.63) is 28.7 Å². The van der Waals surface area contributed by atoms with E-state index in [0.717, 1.165) is 49.9 Å². The van der Waals surface area contributed by atoms with Crippen LogP contribution in [0.2, 0.25) is 0 Å². The number of fused-ring (bicyclic) bond motifs is 1. The van der Waals surface area contributed by atoms with E-state index < -0.39 is 0 Å². The van der Waals surface area contributed by atoms with Crippen LogP contribution in [-0.4, -0.2) is 46.4 Å². The van der Waals surface area contributed by atoms with Crippen LogP contribution in [0.1, 0.15) is 22.6 Å². The van der Waals surface area contributed by atoms with E-state index in [9.17, 15) is 0 Å². The standard InChI is InChI=1S/C17H28N6O/c1-12-7-17-19-9-15(11-23(17)20-12)8-18-10-16-13(2)21-22(14(16)3)5-6-24-4/h7,15,18-19H,5-6,8-11H2,1-4H3. The summed E-state index contributed by atoms with van der Waals surface area (Å²) in [7, 11) is 1.72. The van der Waals surface area contributed by atoms with E-state index in [0.29, 0.717) is 12.5 Å². The maximum atomic E-state index is 5.15. The van der Waals surface area contributed by atoms with Crippen molar-refractivity contribution in [2.45, 2.75) is 40.4 Å². The fourth-order valence-electron chi connectivity index (χ4n) is 3.31. The molecule has 0 spiro atoms. The average Bonchev–Trinajstić information content (AvgIpc) is 3.05. The summed E-state index contributed by atoms with van der Waals surface area (Å²) in [6.07, 6.45) is 0. The number of hydrogen-bond acceptors (Lipinski definition) is 5. The molecule has 24 heavy (non-hydrogen) atoms. The molecule has 132 valence electrons. The molecule has 1 aliphatic rings. The summed E-state index contributed by atoms with van der Waals surface area (Å²) in [6, 6.07) is 2.10. The highest BCUT2D eigenvalue weighted by Crippen LogP contribution is 2.18. The monoisotopic (exact) mass is 332 g/mol. The van der Waals surface area contributed by atoms with Gasteiger partial charge in [-0.2, -0.15) is 10.2 Å². The molecule has 3 heterocycles. The van der Waals surface area contributed by atoms with Gasteiger partial charge < -0.3 is 15.4 Å². The van der Waals surface area contributed by atoms with Gasteiger partial charge in [0, 0.05) is 56.5 Å². The van der Waals surface area contributed by atoms with Gasteiger partial charge in [-0.15, -0.1) is 0 Å². The molecule has 2 aromatic rings. The first kappa shape index (κ1) is 17.0. The predicted octanol–water partition coefficient (Wildman–Crippen LogP) is 1.48. The van der Waals surface area contributed by atoms with Gasteiger partial charge in [0.15, 0.2) is 0 Å². The maximum absolute atomic E-state index is 5.15. The van der Waals surface area contributed by atoms with Crippen molar-refractivity contribution in [3.8, 4) is 0 Å². The zero-order chi connectivity index (χ0) is 17.1. The van der Waals surface area contributed by atoms with E-state index in [2.05, 4.69) is 45.4 Å². The smallest absolute Gasteiger partial charge is 0.124 e. The summed E-state index contributed by atoms with van der Waals surface area (Å²) >= 11 is 0. The van der Waals surface area contributed by atoms with Gasteiger partial charge >= 0.3 is 0 Å². The van der Waals surface area contributed by atoms with Crippen molar-refractivity contribution in [1.29, 1.82) is 0 Å². The predicted molar refractivity (Wildman–Crippen MR) is 94.2 cm³/mol. The quantitative estimate of drug-likeness (QED) is 0.804. The highest BCUT2D eigenvalue weighted by atomic mass is 16.5. The molecule has 0 amide bonds. The molecule has 0 saturated heterocycles. The Bertz CT molecular complexity index is 690. The summed E-state index contributed by atoms with van der Waals surface area (Å²) in [5.74, 6) is 1.68. The number of aryl methyl sites for hydroxylation is 2. The van der Waals surface area contributed by atoms with Crippen LogP contribution in [0, 0.1) is 26.7 Å². The van der Waals surface area contributed by atoms with Crippen LogP contribution in [0.5, 0.6) is 0 Å². The number of rotatable bonds is 7. The molecule has 0 aliphatic carbocycles. The largest absolute Gasteiger partial charge is 0.383 e. The highest BCUT2D eigenvalue weighted by Gasteiger charge is 2.19. The molecule has 0 bridgehead atoms. The van der Waals surface area contributed by atoms with Gasteiger partial charge in [0.25, 0.3) is 0 Å². The lowest BCUT2D eigenvalue weighted by Gasteiger charge is -2.25. The van der Waals surface area contributed by atoms with Gasteiger partial charge in [0.1, 0.15) is 5.82 Å². The Hall–Kier alpha value is -1.86. The van der Waals surface area contributed by atoms with E-state index in [4.69, 9.17) is 4.74 Å². The van der Waals surface area contributed by atoms with Crippen molar-refractivity contribution in [1.82, 2.24) is 24.9 Å².